The van der Waals surface area contributed by atoms with E-state index >= 15 is 0 Å². The van der Waals surface area contributed by atoms with Crippen LogP contribution in [-0.2, 0) is 26.2 Å². The van der Waals surface area contributed by atoms with Crippen LogP contribution >= 0.6 is 11.6 Å². The number of likely N-dealkylation sites (tertiary alicyclic amines) is 1. The molecular formula is C25H30ClN3O4S. The maximum atomic E-state index is 13.3. The first-order valence-corrected chi connectivity index (χ1v) is 13.5. The zero-order valence-corrected chi connectivity index (χ0v) is 20.8. The second-order valence-electron chi connectivity index (χ2n) is 8.99. The number of piperidine rings is 1. The third kappa shape index (κ3) is 5.29. The van der Waals surface area contributed by atoms with Crippen LogP contribution in [0.1, 0.15) is 36.8 Å². The number of carbonyl (C=O) groups excluding carboxylic acids is 2. The first-order valence-electron chi connectivity index (χ1n) is 11.7. The van der Waals surface area contributed by atoms with Crippen LogP contribution in [-0.4, -0.2) is 55.1 Å². The fraction of sp³-hybridized carbons (Fsp3) is 0.440. The van der Waals surface area contributed by atoms with E-state index in [9.17, 15) is 18.0 Å². The molecule has 0 saturated carbocycles. The first kappa shape index (κ1) is 24.7. The summed E-state index contributed by atoms with van der Waals surface area (Å²) in [6, 6.07) is 13.7. The SMILES string of the molecule is Cc1ccc(S(=O)(=O)N2CCC(C(=O)N3CCC[C@@H]3C(=O)NCc3ccccc3Cl)CC2)cc1. The molecule has 0 spiro atoms. The molecule has 2 aliphatic heterocycles. The highest BCUT2D eigenvalue weighted by atomic mass is 35.5. The van der Waals surface area contributed by atoms with Crippen molar-refractivity contribution < 1.29 is 18.0 Å². The molecule has 0 aliphatic carbocycles. The van der Waals surface area contributed by atoms with E-state index in [1.54, 1.807) is 35.2 Å². The Balaban J connectivity index is 1.34. The quantitative estimate of drug-likeness (QED) is 0.655. The first-order chi connectivity index (χ1) is 16.3. The van der Waals surface area contributed by atoms with Crippen LogP contribution in [0.5, 0.6) is 0 Å². The third-order valence-electron chi connectivity index (χ3n) is 6.71. The number of carbonyl (C=O) groups is 2. The van der Waals surface area contributed by atoms with Crippen molar-refractivity contribution in [3.05, 3.63) is 64.7 Å². The molecule has 4 rings (SSSR count). The highest BCUT2D eigenvalue weighted by molar-refractivity contribution is 7.89. The van der Waals surface area contributed by atoms with Gasteiger partial charge in [0, 0.05) is 37.1 Å². The van der Waals surface area contributed by atoms with E-state index in [0.29, 0.717) is 50.5 Å². The minimum atomic E-state index is -3.57. The molecule has 9 heteroatoms. The molecule has 0 aromatic heterocycles. The topological polar surface area (TPSA) is 86.8 Å². The molecule has 2 heterocycles. The van der Waals surface area contributed by atoms with Gasteiger partial charge in [-0.1, -0.05) is 47.5 Å². The van der Waals surface area contributed by atoms with Crippen molar-refractivity contribution >= 4 is 33.4 Å². The summed E-state index contributed by atoms with van der Waals surface area (Å²) in [5, 5.41) is 3.51. The number of rotatable bonds is 6. The second kappa shape index (κ2) is 10.5. The van der Waals surface area contributed by atoms with Crippen LogP contribution in [0.3, 0.4) is 0 Å². The average Bonchev–Trinajstić information content (AvgIpc) is 3.33. The predicted molar refractivity (Wildman–Crippen MR) is 131 cm³/mol. The zero-order chi connectivity index (χ0) is 24.3. The van der Waals surface area contributed by atoms with Gasteiger partial charge in [0.1, 0.15) is 6.04 Å². The van der Waals surface area contributed by atoms with Crippen LogP contribution in [0.2, 0.25) is 5.02 Å². The third-order valence-corrected chi connectivity index (χ3v) is 8.99. The number of amides is 2. The Morgan fingerprint density at radius 2 is 1.68 bits per heavy atom. The predicted octanol–water partition coefficient (Wildman–Crippen LogP) is 3.36. The molecule has 1 atom stereocenters. The standard InChI is InChI=1S/C25H30ClN3O4S/c1-18-8-10-21(11-9-18)34(32,33)28-15-12-19(13-16-28)25(31)29-14-4-7-23(29)24(30)27-17-20-5-2-3-6-22(20)26/h2-3,5-6,8-11,19,23H,4,7,12-17H2,1H3,(H,27,30)/t23-/m1/s1. The van der Waals surface area contributed by atoms with E-state index < -0.39 is 16.1 Å². The van der Waals surface area contributed by atoms with Crippen LogP contribution in [0.15, 0.2) is 53.4 Å². The summed E-state index contributed by atoms with van der Waals surface area (Å²) in [7, 11) is -3.57. The normalized spacial score (nSPS) is 19.8. The Morgan fingerprint density at radius 1 is 1.00 bits per heavy atom. The fourth-order valence-electron chi connectivity index (χ4n) is 4.68. The van der Waals surface area contributed by atoms with E-state index in [1.165, 1.54) is 4.31 Å². The number of aryl methyl sites for hydroxylation is 1. The van der Waals surface area contributed by atoms with Crippen LogP contribution < -0.4 is 5.32 Å². The number of nitrogens with one attached hydrogen (secondary N) is 1. The van der Waals surface area contributed by atoms with Gasteiger partial charge in [-0.15, -0.1) is 0 Å². The number of halogens is 1. The molecule has 2 aromatic carbocycles. The Bertz CT molecular complexity index is 1150. The van der Waals surface area contributed by atoms with Gasteiger partial charge in [-0.3, -0.25) is 9.59 Å². The van der Waals surface area contributed by atoms with E-state index in [4.69, 9.17) is 11.6 Å². The van der Waals surface area contributed by atoms with E-state index in [1.807, 2.05) is 25.1 Å². The number of sulfonamides is 1. The molecule has 34 heavy (non-hydrogen) atoms. The van der Waals surface area contributed by atoms with Crippen LogP contribution in [0.25, 0.3) is 0 Å². The molecular weight excluding hydrogens is 474 g/mol. The highest BCUT2D eigenvalue weighted by Gasteiger charge is 2.39. The van der Waals surface area contributed by atoms with Crippen molar-refractivity contribution in [1.82, 2.24) is 14.5 Å². The van der Waals surface area contributed by atoms with Gasteiger partial charge in [0.2, 0.25) is 21.8 Å². The van der Waals surface area contributed by atoms with Gasteiger partial charge in [-0.2, -0.15) is 4.31 Å². The van der Waals surface area contributed by atoms with Crippen molar-refractivity contribution in [3.63, 3.8) is 0 Å². The molecule has 0 radical (unpaired) electrons. The fourth-order valence-corrected chi connectivity index (χ4v) is 6.35. The number of nitrogens with zero attached hydrogens (tertiary/aromatic N) is 2. The van der Waals surface area contributed by atoms with E-state index in [2.05, 4.69) is 5.32 Å². The van der Waals surface area contributed by atoms with Gasteiger partial charge >= 0.3 is 0 Å². The summed E-state index contributed by atoms with van der Waals surface area (Å²) < 4.78 is 27.4. The zero-order valence-electron chi connectivity index (χ0n) is 19.2. The maximum absolute atomic E-state index is 13.3. The summed E-state index contributed by atoms with van der Waals surface area (Å²) >= 11 is 6.18. The summed E-state index contributed by atoms with van der Waals surface area (Å²) in [6.45, 7) is 3.36. The van der Waals surface area contributed by atoms with Gasteiger partial charge in [-0.05, 0) is 56.4 Å². The molecule has 2 saturated heterocycles. The number of hydrogen-bond donors (Lipinski definition) is 1. The summed E-state index contributed by atoms with van der Waals surface area (Å²) in [6.07, 6.45) is 2.31. The highest BCUT2D eigenvalue weighted by Crippen LogP contribution is 2.28. The molecule has 2 fully saturated rings. The monoisotopic (exact) mass is 503 g/mol. The lowest BCUT2D eigenvalue weighted by Gasteiger charge is -2.34. The Morgan fingerprint density at radius 3 is 2.35 bits per heavy atom. The van der Waals surface area contributed by atoms with Crippen molar-refractivity contribution in [2.24, 2.45) is 5.92 Å². The molecule has 7 nitrogen and oxygen atoms in total. The van der Waals surface area contributed by atoms with Gasteiger partial charge in [0.15, 0.2) is 0 Å². The summed E-state index contributed by atoms with van der Waals surface area (Å²) in [5.74, 6) is -0.505. The minimum Gasteiger partial charge on any atom is -0.350 e. The smallest absolute Gasteiger partial charge is 0.243 e. The van der Waals surface area contributed by atoms with E-state index in [-0.39, 0.29) is 22.6 Å². The molecule has 2 aliphatic rings. The Hall–Kier alpha value is -2.42. The summed E-state index contributed by atoms with van der Waals surface area (Å²) in [4.78, 5) is 28.1. The lowest BCUT2D eigenvalue weighted by Crippen LogP contribution is -2.49. The number of benzene rings is 2. The Labute approximate surface area is 206 Å². The van der Waals surface area contributed by atoms with Crippen molar-refractivity contribution in [3.8, 4) is 0 Å². The van der Waals surface area contributed by atoms with Crippen molar-refractivity contribution in [1.29, 1.82) is 0 Å². The van der Waals surface area contributed by atoms with Gasteiger partial charge in [-0.25, -0.2) is 8.42 Å². The van der Waals surface area contributed by atoms with E-state index in [0.717, 1.165) is 17.5 Å². The maximum Gasteiger partial charge on any atom is 0.243 e. The van der Waals surface area contributed by atoms with Gasteiger partial charge in [0.05, 0.1) is 4.90 Å². The van der Waals surface area contributed by atoms with Gasteiger partial charge < -0.3 is 10.2 Å². The van der Waals surface area contributed by atoms with Gasteiger partial charge in [0.25, 0.3) is 0 Å². The molecule has 2 amide bonds. The summed E-state index contributed by atoms with van der Waals surface area (Å²) in [5.41, 5.74) is 1.83. The molecule has 0 unspecified atom stereocenters. The molecule has 1 N–H and O–H groups in total. The van der Waals surface area contributed by atoms with Crippen LogP contribution in [0.4, 0.5) is 0 Å². The van der Waals surface area contributed by atoms with Crippen LogP contribution in [0, 0.1) is 12.8 Å². The minimum absolute atomic E-state index is 0.0530. The molecule has 2 aromatic rings. The average molecular weight is 504 g/mol. The molecule has 182 valence electrons. The van der Waals surface area contributed by atoms with Crippen molar-refractivity contribution in [2.75, 3.05) is 19.6 Å². The largest absolute Gasteiger partial charge is 0.350 e. The lowest BCUT2D eigenvalue weighted by molar-refractivity contribution is -0.142. The van der Waals surface area contributed by atoms with Crippen molar-refractivity contribution in [2.45, 2.75) is 50.1 Å². The second-order valence-corrected chi connectivity index (χ2v) is 11.3. The molecule has 0 bridgehead atoms. The number of hydrogen-bond acceptors (Lipinski definition) is 4. The Kier molecular flexibility index (Phi) is 7.60. The lowest BCUT2D eigenvalue weighted by atomic mass is 9.96.